The molecule has 1 aromatic heterocycles. The molecule has 0 aromatic carbocycles. The molecule has 1 unspecified atom stereocenters. The Bertz CT molecular complexity index is 815. The van der Waals surface area contributed by atoms with Crippen LogP contribution < -0.4 is 0 Å². The standard InChI is InChI=1S/C20H24BrNO3S/c1-6-25-19(24)16-10(2)22-13-8-20(4,5)9-14(23)17(13)18(16)15-7-12(21)11(3)26-15/h7,16,18H,6,8-9H2,1-5H3/t16?,18-/m0/s1. The van der Waals surface area contributed by atoms with Crippen LogP contribution >= 0.6 is 27.3 Å². The van der Waals surface area contributed by atoms with Crippen molar-refractivity contribution in [2.75, 3.05) is 6.61 Å². The summed E-state index contributed by atoms with van der Waals surface area (Å²) < 4.78 is 6.34. The summed E-state index contributed by atoms with van der Waals surface area (Å²) in [5, 5.41) is 0. The molecule has 6 heteroatoms. The zero-order chi connectivity index (χ0) is 19.2. The summed E-state index contributed by atoms with van der Waals surface area (Å²) in [5.74, 6) is -1.04. The summed E-state index contributed by atoms with van der Waals surface area (Å²) in [6, 6.07) is 2.03. The van der Waals surface area contributed by atoms with E-state index in [1.807, 2.05) is 19.9 Å². The minimum absolute atomic E-state index is 0.104. The largest absolute Gasteiger partial charge is 0.465 e. The van der Waals surface area contributed by atoms with Gasteiger partial charge >= 0.3 is 5.97 Å². The maximum absolute atomic E-state index is 13.1. The highest BCUT2D eigenvalue weighted by molar-refractivity contribution is 9.10. The van der Waals surface area contributed by atoms with Crippen molar-refractivity contribution in [3.63, 3.8) is 0 Å². The Morgan fingerprint density at radius 1 is 1.38 bits per heavy atom. The minimum atomic E-state index is -0.538. The van der Waals surface area contributed by atoms with E-state index in [4.69, 9.17) is 9.73 Å². The Labute approximate surface area is 166 Å². The first-order valence-electron chi connectivity index (χ1n) is 8.88. The maximum Gasteiger partial charge on any atom is 0.315 e. The van der Waals surface area contributed by atoms with E-state index in [9.17, 15) is 9.59 Å². The van der Waals surface area contributed by atoms with Crippen LogP contribution in [-0.2, 0) is 14.3 Å². The third-order valence-electron chi connectivity index (χ3n) is 5.03. The molecule has 0 spiro atoms. The van der Waals surface area contributed by atoms with Crippen molar-refractivity contribution in [1.29, 1.82) is 0 Å². The second kappa shape index (κ2) is 7.04. The molecule has 1 aliphatic carbocycles. The monoisotopic (exact) mass is 437 g/mol. The number of carbonyl (C=O) groups is 2. The van der Waals surface area contributed by atoms with Crippen molar-refractivity contribution in [3.8, 4) is 0 Å². The molecular formula is C20H24BrNO3S. The molecule has 4 nitrogen and oxygen atoms in total. The smallest absolute Gasteiger partial charge is 0.315 e. The first-order valence-corrected chi connectivity index (χ1v) is 10.5. The van der Waals surface area contributed by atoms with Gasteiger partial charge in [-0.2, -0.15) is 0 Å². The highest BCUT2D eigenvalue weighted by Crippen LogP contribution is 2.49. The molecular weight excluding hydrogens is 414 g/mol. The SMILES string of the molecule is CCOC(=O)C1C(C)=NC2=C(C(=O)CC(C)(C)C2)[C@H]1c1cc(Br)c(C)s1. The van der Waals surface area contributed by atoms with Gasteiger partial charge in [-0.3, -0.25) is 14.6 Å². The highest BCUT2D eigenvalue weighted by Gasteiger charge is 2.46. The fraction of sp³-hybridized carbons (Fsp3) is 0.550. The number of allylic oxidation sites excluding steroid dienone is 2. The number of halogens is 1. The first kappa shape index (κ1) is 19.5. The van der Waals surface area contributed by atoms with Crippen LogP contribution in [0, 0.1) is 18.3 Å². The number of rotatable bonds is 3. The van der Waals surface area contributed by atoms with Crippen molar-refractivity contribution < 1.29 is 14.3 Å². The number of ether oxygens (including phenoxy) is 1. The van der Waals surface area contributed by atoms with Crippen molar-refractivity contribution in [1.82, 2.24) is 0 Å². The molecule has 0 N–H and O–H groups in total. The molecule has 2 heterocycles. The van der Waals surface area contributed by atoms with Crippen molar-refractivity contribution in [2.45, 2.75) is 53.4 Å². The number of thiophene rings is 1. The summed E-state index contributed by atoms with van der Waals surface area (Å²) in [4.78, 5) is 32.7. The number of hydrogen-bond acceptors (Lipinski definition) is 5. The molecule has 2 atom stereocenters. The zero-order valence-corrected chi connectivity index (χ0v) is 18.2. The second-order valence-electron chi connectivity index (χ2n) is 7.81. The Morgan fingerprint density at radius 2 is 2.08 bits per heavy atom. The zero-order valence-electron chi connectivity index (χ0n) is 15.8. The van der Waals surface area contributed by atoms with Gasteiger partial charge in [-0.25, -0.2) is 0 Å². The topological polar surface area (TPSA) is 55.7 Å². The number of carbonyl (C=O) groups excluding carboxylic acids is 2. The van der Waals surface area contributed by atoms with Gasteiger partial charge in [-0.1, -0.05) is 13.8 Å². The summed E-state index contributed by atoms with van der Waals surface area (Å²) in [6.45, 7) is 10.2. The fourth-order valence-electron chi connectivity index (χ4n) is 3.92. The Morgan fingerprint density at radius 3 is 2.65 bits per heavy atom. The average Bonchev–Trinajstić information content (AvgIpc) is 2.83. The number of esters is 1. The quantitative estimate of drug-likeness (QED) is 0.610. The average molecular weight is 438 g/mol. The number of aryl methyl sites for hydroxylation is 1. The van der Waals surface area contributed by atoms with Gasteiger partial charge < -0.3 is 4.74 Å². The summed E-state index contributed by atoms with van der Waals surface area (Å²) in [7, 11) is 0. The van der Waals surface area contributed by atoms with Crippen LogP contribution in [0.25, 0.3) is 0 Å². The van der Waals surface area contributed by atoms with E-state index in [0.717, 1.165) is 32.1 Å². The van der Waals surface area contributed by atoms with E-state index < -0.39 is 5.92 Å². The molecule has 3 rings (SSSR count). The summed E-state index contributed by atoms with van der Waals surface area (Å²) >= 11 is 5.19. The third kappa shape index (κ3) is 3.46. The predicted octanol–water partition coefficient (Wildman–Crippen LogP) is 5.20. The molecule has 0 bridgehead atoms. The second-order valence-corrected chi connectivity index (χ2v) is 9.96. The van der Waals surface area contributed by atoms with Gasteiger partial charge in [0.25, 0.3) is 0 Å². The Kier molecular flexibility index (Phi) is 5.28. The summed E-state index contributed by atoms with van der Waals surface area (Å²) in [5.41, 5.74) is 2.19. The highest BCUT2D eigenvalue weighted by atomic mass is 79.9. The Balaban J connectivity index is 2.17. The number of Topliss-reactive ketones (excluding diaryl/α,β-unsaturated/α-hetero) is 1. The van der Waals surface area contributed by atoms with Gasteiger partial charge in [-0.15, -0.1) is 11.3 Å². The normalized spacial score (nSPS) is 25.0. The van der Waals surface area contributed by atoms with Crippen molar-refractivity contribution >= 4 is 44.7 Å². The molecule has 140 valence electrons. The molecule has 0 radical (unpaired) electrons. The van der Waals surface area contributed by atoms with E-state index in [-0.39, 0.29) is 23.1 Å². The van der Waals surface area contributed by atoms with Crippen LogP contribution in [-0.4, -0.2) is 24.1 Å². The molecule has 1 aliphatic heterocycles. The van der Waals surface area contributed by atoms with Gasteiger partial charge in [0.15, 0.2) is 5.78 Å². The van der Waals surface area contributed by atoms with Crippen LogP contribution in [0.4, 0.5) is 0 Å². The number of hydrogen-bond donors (Lipinski definition) is 0. The van der Waals surface area contributed by atoms with Crippen LogP contribution in [0.15, 0.2) is 26.8 Å². The molecule has 0 fully saturated rings. The van der Waals surface area contributed by atoms with E-state index >= 15 is 0 Å². The van der Waals surface area contributed by atoms with Gasteiger partial charge in [0.05, 0.1) is 6.61 Å². The van der Waals surface area contributed by atoms with Crippen molar-refractivity contribution in [3.05, 3.63) is 31.6 Å². The lowest BCUT2D eigenvalue weighted by Gasteiger charge is -2.38. The van der Waals surface area contributed by atoms with Gasteiger partial charge in [0, 0.05) is 43.5 Å². The third-order valence-corrected chi connectivity index (χ3v) is 7.25. The number of nitrogens with zero attached hydrogens (tertiary/aromatic N) is 1. The molecule has 0 saturated heterocycles. The molecule has 1 aromatic rings. The first-order chi connectivity index (χ1) is 12.1. The predicted molar refractivity (Wildman–Crippen MR) is 108 cm³/mol. The van der Waals surface area contributed by atoms with Crippen LogP contribution in [0.3, 0.4) is 0 Å². The summed E-state index contributed by atoms with van der Waals surface area (Å²) in [6.07, 6.45) is 1.24. The lowest BCUT2D eigenvalue weighted by molar-refractivity contribution is -0.146. The molecule has 26 heavy (non-hydrogen) atoms. The lowest BCUT2D eigenvalue weighted by Crippen LogP contribution is -2.39. The van der Waals surface area contributed by atoms with Crippen LogP contribution in [0.5, 0.6) is 0 Å². The number of ketones is 1. The van der Waals surface area contributed by atoms with Crippen LogP contribution in [0.2, 0.25) is 0 Å². The van der Waals surface area contributed by atoms with Gasteiger partial charge in [-0.05, 0) is 54.6 Å². The van der Waals surface area contributed by atoms with E-state index in [1.165, 1.54) is 0 Å². The molecule has 2 aliphatic rings. The minimum Gasteiger partial charge on any atom is -0.465 e. The lowest BCUT2D eigenvalue weighted by atomic mass is 9.68. The fourth-order valence-corrected chi connectivity index (χ4v) is 5.63. The van der Waals surface area contributed by atoms with Crippen LogP contribution in [0.1, 0.15) is 56.2 Å². The van der Waals surface area contributed by atoms with Gasteiger partial charge in [0.2, 0.25) is 0 Å². The molecule has 0 amide bonds. The van der Waals surface area contributed by atoms with E-state index in [2.05, 4.69) is 29.8 Å². The molecule has 0 saturated carbocycles. The van der Waals surface area contributed by atoms with Crippen molar-refractivity contribution in [2.24, 2.45) is 16.3 Å². The Hall–Kier alpha value is -1.27. The van der Waals surface area contributed by atoms with Gasteiger partial charge in [0.1, 0.15) is 5.92 Å². The number of aliphatic imine (C=N–C) groups is 1. The van der Waals surface area contributed by atoms with E-state index in [1.54, 1.807) is 18.3 Å². The van der Waals surface area contributed by atoms with E-state index in [0.29, 0.717) is 18.6 Å². The maximum atomic E-state index is 13.1.